The molecule has 7 nitrogen and oxygen atoms in total. The molecule has 1 N–H and O–H groups in total. The van der Waals surface area contributed by atoms with Crippen LogP contribution < -0.4 is 0 Å². The van der Waals surface area contributed by atoms with Crippen molar-refractivity contribution in [1.82, 2.24) is 9.99 Å². The normalized spacial score (nSPS) is 15.4. The number of ether oxygens (including phenoxy) is 1. The largest absolute Gasteiger partial charge is 0.467 e. The van der Waals surface area contributed by atoms with Gasteiger partial charge in [0.05, 0.1) is 12.0 Å². The average Bonchev–Trinajstić information content (AvgIpc) is 3.63. The Bertz CT molecular complexity index is 1360. The molecule has 8 heteroatoms. The van der Waals surface area contributed by atoms with Crippen LogP contribution in [0.15, 0.2) is 82.6 Å². The fourth-order valence-electron chi connectivity index (χ4n) is 4.30. The highest BCUT2D eigenvalue weighted by Crippen LogP contribution is 2.33. The van der Waals surface area contributed by atoms with Gasteiger partial charge in [-0.1, -0.05) is 41.9 Å². The molecule has 0 radical (unpaired) electrons. The number of esters is 1. The Kier molecular flexibility index (Phi) is 6.68. The molecule has 1 amide bonds. The van der Waals surface area contributed by atoms with E-state index in [-0.39, 0.29) is 13.0 Å². The van der Waals surface area contributed by atoms with E-state index in [2.05, 4.69) is 16.2 Å². The Morgan fingerprint density at radius 2 is 1.94 bits per heavy atom. The molecule has 0 aliphatic carbocycles. The number of nitrogens with zero attached hydrogens (tertiary/aromatic N) is 2. The molecule has 5 rings (SSSR count). The third-order valence-electron chi connectivity index (χ3n) is 6.07. The number of amides is 1. The number of H-pyrrole nitrogens is 1. The van der Waals surface area contributed by atoms with Crippen LogP contribution in [0.25, 0.3) is 10.9 Å². The van der Waals surface area contributed by atoms with Crippen molar-refractivity contribution in [2.45, 2.75) is 31.7 Å². The van der Waals surface area contributed by atoms with Crippen LogP contribution in [0, 0.1) is 0 Å². The number of benzene rings is 2. The van der Waals surface area contributed by atoms with E-state index < -0.39 is 17.9 Å². The molecule has 0 bridgehead atoms. The molecule has 4 aromatic rings. The number of hydrogen-bond donors (Lipinski definition) is 1. The molecule has 2 aromatic carbocycles. The summed E-state index contributed by atoms with van der Waals surface area (Å²) in [4.78, 5) is 28.5. The van der Waals surface area contributed by atoms with Crippen LogP contribution >= 0.6 is 11.6 Å². The first-order chi connectivity index (χ1) is 17.1. The predicted molar refractivity (Wildman–Crippen MR) is 133 cm³/mol. The minimum absolute atomic E-state index is 0.230. The molecule has 178 valence electrons. The van der Waals surface area contributed by atoms with Gasteiger partial charge in [0, 0.05) is 35.0 Å². The van der Waals surface area contributed by atoms with Gasteiger partial charge in [-0.3, -0.25) is 9.59 Å². The molecule has 3 heterocycles. The molecule has 0 saturated heterocycles. The number of rotatable bonds is 8. The second-order valence-electron chi connectivity index (χ2n) is 8.40. The first kappa shape index (κ1) is 22.9. The summed E-state index contributed by atoms with van der Waals surface area (Å²) in [6, 6.07) is 18.5. The lowest BCUT2D eigenvalue weighted by molar-refractivity contribution is -0.153. The molecule has 1 aliphatic rings. The summed E-state index contributed by atoms with van der Waals surface area (Å²) in [7, 11) is 0. The Balaban J connectivity index is 1.18. The van der Waals surface area contributed by atoms with Gasteiger partial charge in [-0.15, -0.1) is 0 Å². The summed E-state index contributed by atoms with van der Waals surface area (Å²) in [5.41, 5.74) is 3.84. The third-order valence-corrected chi connectivity index (χ3v) is 6.33. The number of hydrazone groups is 1. The summed E-state index contributed by atoms with van der Waals surface area (Å²) in [6.45, 7) is -0.374. The lowest BCUT2D eigenvalue weighted by atomic mass is 10.0. The third kappa shape index (κ3) is 5.15. The van der Waals surface area contributed by atoms with Gasteiger partial charge in [-0.05, 0) is 54.3 Å². The number of para-hydroxylation sites is 1. The first-order valence-electron chi connectivity index (χ1n) is 11.5. The van der Waals surface area contributed by atoms with Crippen molar-refractivity contribution in [3.8, 4) is 0 Å². The number of aryl methyl sites for hydroxylation is 1. The van der Waals surface area contributed by atoms with Gasteiger partial charge < -0.3 is 14.1 Å². The second-order valence-corrected chi connectivity index (χ2v) is 8.84. The Labute approximate surface area is 207 Å². The van der Waals surface area contributed by atoms with Gasteiger partial charge in [-0.25, -0.2) is 5.01 Å². The SMILES string of the molecule is O=C(CCCc1c[nH]c2ccccc12)OCC(=O)N1N=C(c2ccc(Cl)cc2)C[C@@H]1c1ccco1. The van der Waals surface area contributed by atoms with Crippen LogP contribution in [0.4, 0.5) is 0 Å². The van der Waals surface area contributed by atoms with E-state index in [1.807, 2.05) is 42.6 Å². The quantitative estimate of drug-likeness (QED) is 0.323. The minimum Gasteiger partial charge on any atom is -0.467 e. The van der Waals surface area contributed by atoms with Crippen LogP contribution in [-0.2, 0) is 20.7 Å². The van der Waals surface area contributed by atoms with Crippen LogP contribution in [0.5, 0.6) is 0 Å². The number of furan rings is 1. The highest BCUT2D eigenvalue weighted by Gasteiger charge is 2.35. The molecule has 35 heavy (non-hydrogen) atoms. The molecular weight excluding hydrogens is 466 g/mol. The zero-order valence-corrected chi connectivity index (χ0v) is 19.7. The summed E-state index contributed by atoms with van der Waals surface area (Å²) in [6.07, 6.45) is 5.62. The fraction of sp³-hybridized carbons (Fsp3) is 0.222. The summed E-state index contributed by atoms with van der Waals surface area (Å²) >= 11 is 6.00. The molecular formula is C27H24ClN3O4. The van der Waals surface area contributed by atoms with Gasteiger partial charge in [-0.2, -0.15) is 5.10 Å². The molecule has 0 fully saturated rings. The maximum absolute atomic E-state index is 13.0. The van der Waals surface area contributed by atoms with E-state index in [0.717, 1.165) is 34.2 Å². The minimum atomic E-state index is -0.408. The summed E-state index contributed by atoms with van der Waals surface area (Å²) in [5.74, 6) is -0.190. The number of carbonyl (C=O) groups excluding carboxylic acids is 2. The lowest BCUT2D eigenvalue weighted by Gasteiger charge is -2.19. The van der Waals surface area contributed by atoms with Crippen molar-refractivity contribution >= 4 is 40.1 Å². The highest BCUT2D eigenvalue weighted by atomic mass is 35.5. The van der Waals surface area contributed by atoms with Crippen molar-refractivity contribution in [1.29, 1.82) is 0 Å². The number of carbonyl (C=O) groups is 2. The number of aromatic nitrogens is 1. The van der Waals surface area contributed by atoms with E-state index in [9.17, 15) is 9.59 Å². The maximum atomic E-state index is 13.0. The van der Waals surface area contributed by atoms with Crippen molar-refractivity contribution in [2.24, 2.45) is 5.10 Å². The van der Waals surface area contributed by atoms with E-state index in [4.69, 9.17) is 20.8 Å². The van der Waals surface area contributed by atoms with Crippen LogP contribution in [0.2, 0.25) is 5.02 Å². The Morgan fingerprint density at radius 1 is 1.11 bits per heavy atom. The number of aromatic amines is 1. The van der Waals surface area contributed by atoms with Crippen LogP contribution in [0.1, 0.15) is 42.2 Å². The smallest absolute Gasteiger partial charge is 0.306 e. The molecule has 0 unspecified atom stereocenters. The summed E-state index contributed by atoms with van der Waals surface area (Å²) < 4.78 is 10.8. The Morgan fingerprint density at radius 3 is 2.74 bits per heavy atom. The zero-order valence-electron chi connectivity index (χ0n) is 18.9. The number of nitrogens with one attached hydrogen (secondary N) is 1. The van der Waals surface area contributed by atoms with Crippen molar-refractivity contribution in [3.05, 3.63) is 95.0 Å². The molecule has 0 saturated carbocycles. The van der Waals surface area contributed by atoms with Crippen molar-refractivity contribution in [2.75, 3.05) is 6.61 Å². The zero-order chi connectivity index (χ0) is 24.2. The van der Waals surface area contributed by atoms with E-state index >= 15 is 0 Å². The number of fused-ring (bicyclic) bond motifs is 1. The lowest BCUT2D eigenvalue weighted by Crippen LogP contribution is -2.31. The average molecular weight is 490 g/mol. The maximum Gasteiger partial charge on any atom is 0.306 e. The highest BCUT2D eigenvalue weighted by molar-refractivity contribution is 6.30. The second kappa shape index (κ2) is 10.2. The first-order valence-corrected chi connectivity index (χ1v) is 11.9. The predicted octanol–water partition coefficient (Wildman–Crippen LogP) is 5.66. The standard InChI is InChI=1S/C27H24ClN3O4/c28-20-12-10-18(11-13-20)23-15-24(25-8-4-14-34-25)31(30-23)26(32)17-35-27(33)9-3-5-19-16-29-22-7-2-1-6-21(19)22/h1-2,4,6-8,10-14,16,24,29H,3,5,9,15,17H2/t24-/m1/s1. The van der Waals surface area contributed by atoms with Gasteiger partial charge in [0.15, 0.2) is 6.61 Å². The summed E-state index contributed by atoms with van der Waals surface area (Å²) in [5, 5.41) is 7.66. The van der Waals surface area contributed by atoms with E-state index in [1.165, 1.54) is 5.01 Å². The topological polar surface area (TPSA) is 87.9 Å². The van der Waals surface area contributed by atoms with Crippen LogP contribution in [0.3, 0.4) is 0 Å². The van der Waals surface area contributed by atoms with Gasteiger partial charge in [0.2, 0.25) is 0 Å². The number of hydrogen-bond acceptors (Lipinski definition) is 5. The molecule has 0 spiro atoms. The van der Waals surface area contributed by atoms with Gasteiger partial charge >= 0.3 is 5.97 Å². The molecule has 1 aliphatic heterocycles. The number of halogens is 1. The molecule has 2 aromatic heterocycles. The Hall–Kier alpha value is -3.84. The fourth-order valence-corrected chi connectivity index (χ4v) is 4.43. The van der Waals surface area contributed by atoms with Gasteiger partial charge in [0.25, 0.3) is 5.91 Å². The monoisotopic (exact) mass is 489 g/mol. The van der Waals surface area contributed by atoms with Crippen molar-refractivity contribution in [3.63, 3.8) is 0 Å². The van der Waals surface area contributed by atoms with E-state index in [0.29, 0.717) is 23.6 Å². The molecule has 1 atom stereocenters. The van der Waals surface area contributed by atoms with Gasteiger partial charge in [0.1, 0.15) is 11.8 Å². The van der Waals surface area contributed by atoms with Crippen LogP contribution in [-0.4, -0.2) is 34.2 Å². The van der Waals surface area contributed by atoms with E-state index in [1.54, 1.807) is 24.5 Å². The van der Waals surface area contributed by atoms with Crippen molar-refractivity contribution < 1.29 is 18.7 Å².